The van der Waals surface area contributed by atoms with Gasteiger partial charge in [0, 0.05) is 31.8 Å². The first kappa shape index (κ1) is 30.8. The van der Waals surface area contributed by atoms with E-state index >= 15 is 0 Å². The summed E-state index contributed by atoms with van der Waals surface area (Å²) in [4.78, 5) is 27.6. The van der Waals surface area contributed by atoms with Crippen LogP contribution in [0.15, 0.2) is 72.8 Å². The highest BCUT2D eigenvalue weighted by atomic mass is 32.2. The average molecular weight is 577 g/mol. The Morgan fingerprint density at radius 1 is 1.05 bits per heavy atom. The molecule has 0 saturated carbocycles. The van der Waals surface area contributed by atoms with E-state index in [1.807, 2.05) is 67.8 Å². The van der Waals surface area contributed by atoms with E-state index in [0.29, 0.717) is 37.5 Å². The van der Waals surface area contributed by atoms with Crippen molar-refractivity contribution in [1.29, 1.82) is 0 Å². The van der Waals surface area contributed by atoms with Gasteiger partial charge in [-0.05, 0) is 71.7 Å². The monoisotopic (exact) mass is 576 g/mol. The molecule has 218 valence electrons. The SMILES string of the molecule is COC[C@@H]1C[C@@H](OCc2ccccc2)CN1Cc1ccc(C(=O)N[C@@H](CCSC)C(=O)O)c(-c2ccccc2C)c1. The van der Waals surface area contributed by atoms with E-state index in [1.165, 1.54) is 0 Å². The van der Waals surface area contributed by atoms with Gasteiger partial charge in [-0.25, -0.2) is 4.79 Å². The smallest absolute Gasteiger partial charge is 0.326 e. The summed E-state index contributed by atoms with van der Waals surface area (Å²) in [5.41, 5.74) is 5.49. The maximum Gasteiger partial charge on any atom is 0.326 e. The molecule has 3 atom stereocenters. The van der Waals surface area contributed by atoms with Crippen molar-refractivity contribution in [3.63, 3.8) is 0 Å². The van der Waals surface area contributed by atoms with E-state index in [-0.39, 0.29) is 18.1 Å². The molecule has 1 heterocycles. The van der Waals surface area contributed by atoms with Crippen LogP contribution in [0.4, 0.5) is 0 Å². The van der Waals surface area contributed by atoms with Crippen LogP contribution in [0.1, 0.15) is 39.9 Å². The second-order valence-electron chi connectivity index (χ2n) is 10.5. The number of carbonyl (C=O) groups excluding carboxylic acids is 1. The van der Waals surface area contributed by atoms with Crippen LogP contribution in [-0.2, 0) is 27.4 Å². The molecular formula is C33H40N2O5S. The van der Waals surface area contributed by atoms with Crippen molar-refractivity contribution in [3.8, 4) is 11.1 Å². The van der Waals surface area contributed by atoms with Gasteiger partial charge in [0.15, 0.2) is 0 Å². The predicted molar refractivity (Wildman–Crippen MR) is 164 cm³/mol. The maximum atomic E-state index is 13.4. The Bertz CT molecular complexity index is 1300. The molecule has 0 radical (unpaired) electrons. The van der Waals surface area contributed by atoms with Gasteiger partial charge in [-0.1, -0.05) is 60.7 Å². The van der Waals surface area contributed by atoms with Crippen molar-refractivity contribution in [2.75, 3.05) is 32.3 Å². The minimum absolute atomic E-state index is 0.102. The molecule has 1 aliphatic rings. The molecule has 8 heteroatoms. The normalized spacial score (nSPS) is 17.8. The van der Waals surface area contributed by atoms with Crippen molar-refractivity contribution in [1.82, 2.24) is 10.2 Å². The van der Waals surface area contributed by atoms with E-state index in [4.69, 9.17) is 9.47 Å². The number of methoxy groups -OCH3 is 1. The Hall–Kier alpha value is -3.17. The summed E-state index contributed by atoms with van der Waals surface area (Å²) in [7, 11) is 1.73. The molecule has 3 aromatic rings. The molecule has 7 nitrogen and oxygen atoms in total. The topological polar surface area (TPSA) is 88.1 Å². The molecule has 0 spiro atoms. The van der Waals surface area contributed by atoms with Crippen molar-refractivity contribution in [3.05, 3.63) is 95.1 Å². The summed E-state index contributed by atoms with van der Waals surface area (Å²) in [5.74, 6) is -0.755. The number of benzene rings is 3. The summed E-state index contributed by atoms with van der Waals surface area (Å²) in [6, 6.07) is 23.3. The summed E-state index contributed by atoms with van der Waals surface area (Å²) < 4.78 is 11.8. The third-order valence-corrected chi connectivity index (χ3v) is 8.18. The van der Waals surface area contributed by atoms with Gasteiger partial charge in [-0.2, -0.15) is 11.8 Å². The summed E-state index contributed by atoms with van der Waals surface area (Å²) in [5, 5.41) is 12.4. The lowest BCUT2D eigenvalue weighted by atomic mass is 9.93. The van der Waals surface area contributed by atoms with E-state index in [9.17, 15) is 14.7 Å². The third kappa shape index (κ3) is 8.42. The van der Waals surface area contributed by atoms with Gasteiger partial charge in [0.2, 0.25) is 0 Å². The Morgan fingerprint density at radius 2 is 1.80 bits per heavy atom. The van der Waals surface area contributed by atoms with Crippen molar-refractivity contribution in [2.45, 2.75) is 51.1 Å². The molecule has 0 aliphatic carbocycles. The minimum Gasteiger partial charge on any atom is -0.480 e. The van der Waals surface area contributed by atoms with Crippen LogP contribution in [0.2, 0.25) is 0 Å². The molecule has 4 rings (SSSR count). The predicted octanol–water partition coefficient (Wildman–Crippen LogP) is 5.40. The molecule has 1 fully saturated rings. The van der Waals surface area contributed by atoms with Crippen LogP contribution in [0.3, 0.4) is 0 Å². The fraction of sp³-hybridized carbons (Fsp3) is 0.394. The van der Waals surface area contributed by atoms with Crippen molar-refractivity contribution < 1.29 is 24.2 Å². The molecule has 1 saturated heterocycles. The first-order chi connectivity index (χ1) is 19.9. The fourth-order valence-corrected chi connectivity index (χ4v) is 5.83. The van der Waals surface area contributed by atoms with Gasteiger partial charge < -0.3 is 19.9 Å². The van der Waals surface area contributed by atoms with Crippen LogP contribution in [0.25, 0.3) is 11.1 Å². The molecule has 1 aliphatic heterocycles. The quantitative estimate of drug-likeness (QED) is 0.266. The van der Waals surface area contributed by atoms with E-state index in [1.54, 1.807) is 18.9 Å². The molecule has 41 heavy (non-hydrogen) atoms. The molecule has 3 aromatic carbocycles. The van der Waals surface area contributed by atoms with Crippen LogP contribution in [0, 0.1) is 6.92 Å². The van der Waals surface area contributed by atoms with Gasteiger partial charge in [-0.15, -0.1) is 0 Å². The van der Waals surface area contributed by atoms with Crippen LogP contribution in [0.5, 0.6) is 0 Å². The summed E-state index contributed by atoms with van der Waals surface area (Å²) >= 11 is 1.56. The zero-order chi connectivity index (χ0) is 29.2. The lowest BCUT2D eigenvalue weighted by Crippen LogP contribution is -2.41. The molecule has 0 bridgehead atoms. The van der Waals surface area contributed by atoms with Gasteiger partial charge in [0.1, 0.15) is 6.04 Å². The van der Waals surface area contributed by atoms with E-state index in [0.717, 1.165) is 40.8 Å². The number of carbonyl (C=O) groups is 2. The molecule has 2 N–H and O–H groups in total. The van der Waals surface area contributed by atoms with Crippen molar-refractivity contribution in [2.24, 2.45) is 0 Å². The number of aryl methyl sites for hydroxylation is 1. The zero-order valence-corrected chi connectivity index (χ0v) is 24.9. The standard InChI is InChI=1S/C33H40N2O5S/c1-23-9-7-8-12-28(23)30-17-25(13-14-29(30)32(36)34-31(33(37)38)15-16-41-3)19-35-20-27(18-26(35)22-39-2)40-21-24-10-5-4-6-11-24/h4-14,17,26-27,31H,15-16,18-22H2,1-3H3,(H,34,36)(H,37,38)/t26-,27+,31-/m0/s1. The van der Waals surface area contributed by atoms with Gasteiger partial charge >= 0.3 is 5.97 Å². The molecule has 0 aromatic heterocycles. The first-order valence-electron chi connectivity index (χ1n) is 14.0. The number of carboxylic acids is 1. The zero-order valence-electron chi connectivity index (χ0n) is 24.0. The number of ether oxygens (including phenoxy) is 2. The number of carboxylic acid groups (broad SMARTS) is 1. The molecular weight excluding hydrogens is 536 g/mol. The number of likely N-dealkylation sites (tertiary alicyclic amines) is 1. The number of rotatable bonds is 14. The minimum atomic E-state index is -1.02. The number of hydrogen-bond donors (Lipinski definition) is 2. The third-order valence-electron chi connectivity index (χ3n) is 7.54. The number of nitrogens with zero attached hydrogens (tertiary/aromatic N) is 1. The highest BCUT2D eigenvalue weighted by Gasteiger charge is 2.33. The van der Waals surface area contributed by atoms with E-state index < -0.39 is 12.0 Å². The Balaban J connectivity index is 1.56. The lowest BCUT2D eigenvalue weighted by Gasteiger charge is -2.24. The van der Waals surface area contributed by atoms with Crippen LogP contribution < -0.4 is 5.32 Å². The number of amides is 1. The Labute approximate surface area is 247 Å². The van der Waals surface area contributed by atoms with Crippen LogP contribution >= 0.6 is 11.8 Å². The molecule has 0 unspecified atom stereocenters. The number of thioether (sulfide) groups is 1. The van der Waals surface area contributed by atoms with Gasteiger partial charge in [-0.3, -0.25) is 9.69 Å². The first-order valence-corrected chi connectivity index (χ1v) is 15.4. The van der Waals surface area contributed by atoms with E-state index in [2.05, 4.69) is 28.4 Å². The van der Waals surface area contributed by atoms with Gasteiger partial charge in [0.05, 0.1) is 19.3 Å². The number of hydrogen-bond acceptors (Lipinski definition) is 6. The Kier molecular flexibility index (Phi) is 11.4. The second kappa shape index (κ2) is 15.2. The maximum absolute atomic E-state index is 13.4. The largest absolute Gasteiger partial charge is 0.480 e. The average Bonchev–Trinajstić information content (AvgIpc) is 3.35. The summed E-state index contributed by atoms with van der Waals surface area (Å²) in [6.07, 6.45) is 3.28. The van der Waals surface area contributed by atoms with Gasteiger partial charge in [0.25, 0.3) is 5.91 Å². The lowest BCUT2D eigenvalue weighted by molar-refractivity contribution is -0.139. The highest BCUT2D eigenvalue weighted by Crippen LogP contribution is 2.30. The van der Waals surface area contributed by atoms with Crippen LogP contribution in [-0.4, -0.2) is 72.3 Å². The molecule has 1 amide bonds. The van der Waals surface area contributed by atoms with Crippen molar-refractivity contribution >= 4 is 23.6 Å². The Morgan fingerprint density at radius 3 is 2.51 bits per heavy atom. The second-order valence-corrected chi connectivity index (χ2v) is 11.5. The highest BCUT2D eigenvalue weighted by molar-refractivity contribution is 7.98. The summed E-state index contributed by atoms with van der Waals surface area (Å²) in [6.45, 7) is 4.69. The fourth-order valence-electron chi connectivity index (χ4n) is 5.36. The number of aliphatic carboxylic acids is 1. The number of nitrogens with one attached hydrogen (secondary N) is 1.